The molecule has 0 atom stereocenters. The van der Waals surface area contributed by atoms with E-state index in [1.165, 1.54) is 21.7 Å². The van der Waals surface area contributed by atoms with Crippen LogP contribution in [0, 0.1) is 4.77 Å². The van der Waals surface area contributed by atoms with Gasteiger partial charge in [0.05, 0.1) is 0 Å². The van der Waals surface area contributed by atoms with Gasteiger partial charge in [0.1, 0.15) is 6.33 Å². The minimum absolute atomic E-state index is 0.247. The van der Waals surface area contributed by atoms with Crippen LogP contribution in [0.3, 0.4) is 0 Å². The number of imidazole rings is 2. The number of aromatic nitrogens is 4. The lowest BCUT2D eigenvalue weighted by atomic mass is 10.8. The highest BCUT2D eigenvalue weighted by atomic mass is 32.1. The molecule has 0 aliphatic carbocycles. The van der Waals surface area contributed by atoms with E-state index in [0.717, 1.165) is 0 Å². The number of rotatable bonds is 0. The molecule has 2 rings (SSSR count). The summed E-state index contributed by atoms with van der Waals surface area (Å²) in [6, 6.07) is -0.247. The van der Waals surface area contributed by atoms with Gasteiger partial charge in [-0.2, -0.15) is 0 Å². The zero-order valence-electron chi connectivity index (χ0n) is 6.54. The van der Waals surface area contributed by atoms with Gasteiger partial charge >= 0.3 is 6.03 Å². The molecule has 0 amide bonds. The van der Waals surface area contributed by atoms with Crippen molar-refractivity contribution in [3.8, 4) is 0 Å². The van der Waals surface area contributed by atoms with Gasteiger partial charge in [-0.1, -0.05) is 0 Å². The predicted molar refractivity (Wildman–Crippen MR) is 48.0 cm³/mol. The van der Waals surface area contributed by atoms with Crippen molar-refractivity contribution in [2.24, 2.45) is 0 Å². The fourth-order valence-corrected chi connectivity index (χ4v) is 1.17. The molecule has 0 bridgehead atoms. The van der Waals surface area contributed by atoms with Crippen LogP contribution in [0.1, 0.15) is 0 Å². The van der Waals surface area contributed by atoms with E-state index in [0.29, 0.717) is 4.77 Å². The van der Waals surface area contributed by atoms with Crippen molar-refractivity contribution in [2.75, 3.05) is 0 Å². The van der Waals surface area contributed by atoms with Crippen molar-refractivity contribution >= 4 is 18.2 Å². The average Bonchev–Trinajstić information content (AvgIpc) is 2.72. The number of nitrogens with zero attached hydrogens (tertiary/aromatic N) is 3. The number of hydrogen-bond acceptors (Lipinski definition) is 3. The number of H-pyrrole nitrogens is 1. The topological polar surface area (TPSA) is 55.6 Å². The van der Waals surface area contributed by atoms with E-state index in [-0.39, 0.29) is 6.03 Å². The molecular formula is C7H6N4OS. The van der Waals surface area contributed by atoms with Crippen molar-refractivity contribution in [3.63, 3.8) is 0 Å². The highest BCUT2D eigenvalue weighted by Crippen LogP contribution is 1.94. The van der Waals surface area contributed by atoms with Crippen LogP contribution in [-0.2, 0) is 0 Å². The molecule has 0 aromatic carbocycles. The smallest absolute Gasteiger partial charge is 0.337 e. The molecule has 0 fully saturated rings. The van der Waals surface area contributed by atoms with Gasteiger partial charge in [0.2, 0.25) is 0 Å². The molecule has 2 aromatic heterocycles. The second-order valence-electron chi connectivity index (χ2n) is 2.39. The molecule has 6 heteroatoms. The number of nitrogens with one attached hydrogen (secondary N) is 1. The van der Waals surface area contributed by atoms with Gasteiger partial charge in [0.25, 0.3) is 0 Å². The lowest BCUT2D eigenvalue weighted by Gasteiger charge is -1.99. The van der Waals surface area contributed by atoms with E-state index < -0.39 is 0 Å². The van der Waals surface area contributed by atoms with E-state index in [1.807, 2.05) is 0 Å². The van der Waals surface area contributed by atoms with E-state index in [2.05, 4.69) is 9.97 Å². The first-order valence-corrected chi connectivity index (χ1v) is 3.98. The lowest BCUT2D eigenvalue weighted by Crippen LogP contribution is -2.16. The predicted octanol–water partition coefficient (Wildman–Crippen LogP) is 1.26. The normalized spacial score (nSPS) is 10.2. The Kier molecular flexibility index (Phi) is 1.82. The molecule has 0 spiro atoms. The fourth-order valence-electron chi connectivity index (χ4n) is 0.968. The summed E-state index contributed by atoms with van der Waals surface area (Å²) in [5.74, 6) is 0. The third kappa shape index (κ3) is 1.31. The Morgan fingerprint density at radius 2 is 2.38 bits per heavy atom. The molecule has 5 nitrogen and oxygen atoms in total. The van der Waals surface area contributed by atoms with Crippen molar-refractivity contribution in [3.05, 3.63) is 35.9 Å². The van der Waals surface area contributed by atoms with E-state index in [4.69, 9.17) is 12.2 Å². The first-order chi connectivity index (χ1) is 6.29. The van der Waals surface area contributed by atoms with Crippen LogP contribution < -0.4 is 0 Å². The second kappa shape index (κ2) is 2.98. The molecule has 0 unspecified atom stereocenters. The Balaban J connectivity index is 2.45. The quantitative estimate of drug-likeness (QED) is 0.642. The molecule has 0 radical (unpaired) electrons. The van der Waals surface area contributed by atoms with Crippen LogP contribution in [0.4, 0.5) is 4.79 Å². The van der Waals surface area contributed by atoms with Crippen LogP contribution >= 0.6 is 12.2 Å². The summed E-state index contributed by atoms with van der Waals surface area (Å²) < 4.78 is 3.06. The second-order valence-corrected chi connectivity index (χ2v) is 2.77. The molecule has 2 aromatic rings. The summed E-state index contributed by atoms with van der Waals surface area (Å²) >= 11 is 4.89. The van der Waals surface area contributed by atoms with Crippen LogP contribution in [0.25, 0.3) is 0 Å². The molecule has 66 valence electrons. The summed E-state index contributed by atoms with van der Waals surface area (Å²) in [6.07, 6.45) is 7.71. The third-order valence-electron chi connectivity index (χ3n) is 1.58. The lowest BCUT2D eigenvalue weighted by molar-refractivity contribution is 0.243. The van der Waals surface area contributed by atoms with Gasteiger partial charge in [-0.25, -0.2) is 14.3 Å². The Morgan fingerprint density at radius 1 is 1.54 bits per heavy atom. The van der Waals surface area contributed by atoms with E-state index in [1.54, 1.807) is 18.6 Å². The Hall–Kier alpha value is -1.69. The van der Waals surface area contributed by atoms with Crippen LogP contribution in [-0.4, -0.2) is 25.1 Å². The van der Waals surface area contributed by atoms with Crippen LogP contribution in [0.15, 0.2) is 31.1 Å². The number of hydrogen-bond donors (Lipinski definition) is 1. The van der Waals surface area contributed by atoms with Crippen molar-refractivity contribution in [1.29, 1.82) is 0 Å². The fraction of sp³-hybridized carbons (Fsp3) is 0. The minimum atomic E-state index is -0.247. The number of aromatic amines is 1. The highest BCUT2D eigenvalue weighted by Gasteiger charge is 2.06. The number of carbonyl (C=O) groups excluding carboxylic acids is 1. The van der Waals surface area contributed by atoms with Gasteiger partial charge in [0, 0.05) is 24.8 Å². The summed E-state index contributed by atoms with van der Waals surface area (Å²) in [6.45, 7) is 0. The molecule has 2 heterocycles. The molecular weight excluding hydrogens is 188 g/mol. The Labute approximate surface area is 78.7 Å². The zero-order valence-corrected chi connectivity index (χ0v) is 7.36. The van der Waals surface area contributed by atoms with E-state index in [9.17, 15) is 4.79 Å². The Bertz CT molecular complexity index is 467. The summed E-state index contributed by atoms with van der Waals surface area (Å²) in [7, 11) is 0. The summed E-state index contributed by atoms with van der Waals surface area (Å²) in [4.78, 5) is 18.1. The van der Waals surface area contributed by atoms with Gasteiger partial charge in [-0.15, -0.1) is 0 Å². The standard InChI is InChI=1S/C7H6N4OS/c12-7(10-3-1-8-5-10)11-4-2-9-6(11)13/h1-5H,(H,9,13). The summed E-state index contributed by atoms with van der Waals surface area (Å²) in [5.41, 5.74) is 0. The van der Waals surface area contributed by atoms with Crippen molar-refractivity contribution < 1.29 is 4.79 Å². The van der Waals surface area contributed by atoms with Gasteiger partial charge in [0.15, 0.2) is 4.77 Å². The minimum Gasteiger partial charge on any atom is -0.337 e. The molecule has 0 aliphatic rings. The van der Waals surface area contributed by atoms with Gasteiger partial charge < -0.3 is 4.98 Å². The van der Waals surface area contributed by atoms with Crippen LogP contribution in [0.5, 0.6) is 0 Å². The maximum absolute atomic E-state index is 11.6. The van der Waals surface area contributed by atoms with Gasteiger partial charge in [-0.05, 0) is 12.2 Å². The first kappa shape index (κ1) is 7.93. The molecule has 0 aliphatic heterocycles. The zero-order chi connectivity index (χ0) is 9.26. The molecule has 0 saturated carbocycles. The largest absolute Gasteiger partial charge is 0.339 e. The highest BCUT2D eigenvalue weighted by molar-refractivity contribution is 7.71. The molecule has 1 N–H and O–H groups in total. The Morgan fingerprint density at radius 3 is 2.92 bits per heavy atom. The molecule has 13 heavy (non-hydrogen) atoms. The monoisotopic (exact) mass is 194 g/mol. The van der Waals surface area contributed by atoms with E-state index >= 15 is 0 Å². The first-order valence-electron chi connectivity index (χ1n) is 3.58. The third-order valence-corrected chi connectivity index (χ3v) is 1.90. The average molecular weight is 194 g/mol. The van der Waals surface area contributed by atoms with Crippen molar-refractivity contribution in [2.45, 2.75) is 0 Å². The maximum Gasteiger partial charge on any atom is 0.339 e. The van der Waals surface area contributed by atoms with Crippen LogP contribution in [0.2, 0.25) is 0 Å². The maximum atomic E-state index is 11.6. The summed E-state index contributed by atoms with van der Waals surface area (Å²) in [5, 5.41) is 0. The van der Waals surface area contributed by atoms with Gasteiger partial charge in [-0.3, -0.25) is 4.57 Å². The number of carbonyl (C=O) groups is 1. The van der Waals surface area contributed by atoms with Crippen molar-refractivity contribution in [1.82, 2.24) is 19.1 Å². The molecule has 0 saturated heterocycles. The SMILES string of the molecule is O=C(n1ccnc1)n1cc[nH]c1=S.